The summed E-state index contributed by atoms with van der Waals surface area (Å²) in [7, 11) is 0. The van der Waals surface area contributed by atoms with E-state index in [1.54, 1.807) is 13.3 Å². The van der Waals surface area contributed by atoms with Gasteiger partial charge >= 0.3 is 0 Å². The van der Waals surface area contributed by atoms with Crippen LogP contribution in [0.2, 0.25) is 0 Å². The Hall–Kier alpha value is -0.630. The Morgan fingerprint density at radius 3 is 2.78 bits per heavy atom. The Bertz CT molecular complexity index is 107. The van der Waals surface area contributed by atoms with Crippen LogP contribution in [0.25, 0.3) is 0 Å². The number of hydrogen-bond donors (Lipinski definition) is 1. The Kier molecular flexibility index (Phi) is 3.97. The van der Waals surface area contributed by atoms with Gasteiger partial charge in [-0.3, -0.25) is 4.79 Å². The highest BCUT2D eigenvalue weighted by Crippen LogP contribution is 1.95. The van der Waals surface area contributed by atoms with Gasteiger partial charge in [-0.1, -0.05) is 13.5 Å². The number of aliphatic hydroxyl groups is 1. The molecule has 0 heterocycles. The van der Waals surface area contributed by atoms with Gasteiger partial charge in [-0.05, 0) is 18.9 Å². The van der Waals surface area contributed by atoms with Gasteiger partial charge < -0.3 is 5.11 Å². The first-order valence-electron chi connectivity index (χ1n) is 2.84. The summed E-state index contributed by atoms with van der Waals surface area (Å²) in [5.74, 6) is -0.312. The fourth-order valence-electron chi connectivity index (χ4n) is 0.475. The van der Waals surface area contributed by atoms with Crippen LogP contribution in [0.5, 0.6) is 0 Å². The molecule has 51 valence electrons. The standard InChI is InChI=1S/C7H11O2/c1-3-5-7(9)6(8)4-2/h3-4,7,9H,2,5H2,1H3. The van der Waals surface area contributed by atoms with Crippen LogP contribution < -0.4 is 0 Å². The monoisotopic (exact) mass is 127 g/mol. The van der Waals surface area contributed by atoms with E-state index in [2.05, 4.69) is 6.58 Å². The van der Waals surface area contributed by atoms with Crippen LogP contribution in [0.3, 0.4) is 0 Å². The molecule has 0 spiro atoms. The second-order valence-electron chi connectivity index (χ2n) is 1.77. The first kappa shape index (κ1) is 8.37. The van der Waals surface area contributed by atoms with Gasteiger partial charge in [-0.2, -0.15) is 0 Å². The van der Waals surface area contributed by atoms with Gasteiger partial charge in [0.25, 0.3) is 0 Å². The zero-order valence-corrected chi connectivity index (χ0v) is 5.50. The van der Waals surface area contributed by atoms with E-state index in [1.807, 2.05) is 0 Å². The van der Waals surface area contributed by atoms with Crippen molar-refractivity contribution in [2.75, 3.05) is 0 Å². The molecule has 0 bridgehead atoms. The number of rotatable bonds is 4. The van der Waals surface area contributed by atoms with E-state index in [1.165, 1.54) is 0 Å². The summed E-state index contributed by atoms with van der Waals surface area (Å²) in [5, 5.41) is 8.87. The van der Waals surface area contributed by atoms with Crippen molar-refractivity contribution >= 4 is 5.78 Å². The molecule has 1 unspecified atom stereocenters. The van der Waals surface area contributed by atoms with Crippen LogP contribution in [0, 0.1) is 6.42 Å². The molecule has 0 rings (SSSR count). The largest absolute Gasteiger partial charge is 0.385 e. The molecule has 0 saturated carbocycles. The molecule has 9 heavy (non-hydrogen) atoms. The highest BCUT2D eigenvalue weighted by Gasteiger charge is 2.08. The third-order valence-corrected chi connectivity index (χ3v) is 0.989. The van der Waals surface area contributed by atoms with Gasteiger partial charge in [-0.15, -0.1) is 0 Å². The normalized spacial score (nSPS) is 12.7. The molecule has 0 fully saturated rings. The molecule has 1 N–H and O–H groups in total. The molecular weight excluding hydrogens is 116 g/mol. The zero-order valence-electron chi connectivity index (χ0n) is 5.50. The maximum atomic E-state index is 10.5. The van der Waals surface area contributed by atoms with Crippen molar-refractivity contribution in [2.45, 2.75) is 19.4 Å². The van der Waals surface area contributed by atoms with E-state index in [0.717, 1.165) is 6.08 Å². The molecule has 1 atom stereocenters. The minimum Gasteiger partial charge on any atom is -0.385 e. The predicted octanol–water partition coefficient (Wildman–Crippen LogP) is 0.717. The van der Waals surface area contributed by atoms with Crippen LogP contribution in [0.15, 0.2) is 12.7 Å². The van der Waals surface area contributed by atoms with Crippen LogP contribution in [-0.2, 0) is 4.79 Å². The van der Waals surface area contributed by atoms with Gasteiger partial charge in [0.2, 0.25) is 0 Å². The zero-order chi connectivity index (χ0) is 7.28. The summed E-state index contributed by atoms with van der Waals surface area (Å²) in [4.78, 5) is 10.5. The van der Waals surface area contributed by atoms with Crippen LogP contribution in [-0.4, -0.2) is 17.0 Å². The minimum absolute atomic E-state index is 0.312. The molecule has 0 saturated heterocycles. The van der Waals surface area contributed by atoms with Crippen molar-refractivity contribution in [3.63, 3.8) is 0 Å². The van der Waals surface area contributed by atoms with Gasteiger partial charge in [0, 0.05) is 0 Å². The molecule has 0 aromatic carbocycles. The van der Waals surface area contributed by atoms with Crippen LogP contribution >= 0.6 is 0 Å². The fraction of sp³-hybridized carbons (Fsp3) is 0.429. The predicted molar refractivity (Wildman–Crippen MR) is 35.8 cm³/mol. The van der Waals surface area contributed by atoms with E-state index in [9.17, 15) is 4.79 Å². The Balaban J connectivity index is 3.58. The Morgan fingerprint density at radius 2 is 2.44 bits per heavy atom. The molecule has 0 aliphatic heterocycles. The van der Waals surface area contributed by atoms with Crippen molar-refractivity contribution in [2.24, 2.45) is 0 Å². The maximum absolute atomic E-state index is 10.5. The Labute approximate surface area is 55.2 Å². The van der Waals surface area contributed by atoms with Gasteiger partial charge in [0.1, 0.15) is 6.10 Å². The lowest BCUT2D eigenvalue weighted by Crippen LogP contribution is -2.16. The summed E-state index contributed by atoms with van der Waals surface area (Å²) in [6.07, 6.45) is 2.40. The average molecular weight is 127 g/mol. The SMILES string of the molecule is C=CC(=O)C(O)C[CH]C. The fourth-order valence-corrected chi connectivity index (χ4v) is 0.475. The van der Waals surface area contributed by atoms with Gasteiger partial charge in [0.05, 0.1) is 0 Å². The van der Waals surface area contributed by atoms with E-state index in [-0.39, 0.29) is 5.78 Å². The molecule has 0 aromatic rings. The second-order valence-corrected chi connectivity index (χ2v) is 1.77. The quantitative estimate of drug-likeness (QED) is 0.565. The molecular formula is C7H11O2. The van der Waals surface area contributed by atoms with Crippen molar-refractivity contribution in [3.8, 4) is 0 Å². The van der Waals surface area contributed by atoms with E-state index in [0.29, 0.717) is 6.42 Å². The minimum atomic E-state index is -0.882. The molecule has 1 radical (unpaired) electrons. The average Bonchev–Trinajstić information content (AvgIpc) is 1.87. The molecule has 2 nitrogen and oxygen atoms in total. The van der Waals surface area contributed by atoms with E-state index < -0.39 is 6.10 Å². The number of aliphatic hydroxyl groups excluding tert-OH is 1. The topological polar surface area (TPSA) is 37.3 Å². The van der Waals surface area contributed by atoms with Crippen LogP contribution in [0.4, 0.5) is 0 Å². The molecule has 0 aromatic heterocycles. The first-order valence-corrected chi connectivity index (χ1v) is 2.84. The molecule has 0 amide bonds. The van der Waals surface area contributed by atoms with Crippen LogP contribution in [0.1, 0.15) is 13.3 Å². The molecule has 0 aliphatic rings. The van der Waals surface area contributed by atoms with Crippen molar-refractivity contribution in [3.05, 3.63) is 19.1 Å². The van der Waals surface area contributed by atoms with Gasteiger partial charge in [0.15, 0.2) is 5.78 Å². The second kappa shape index (κ2) is 4.27. The number of carbonyl (C=O) groups is 1. The summed E-state index contributed by atoms with van der Waals surface area (Å²) in [5.41, 5.74) is 0. The van der Waals surface area contributed by atoms with E-state index >= 15 is 0 Å². The summed E-state index contributed by atoms with van der Waals surface area (Å²) >= 11 is 0. The highest BCUT2D eigenvalue weighted by atomic mass is 16.3. The maximum Gasteiger partial charge on any atom is 0.183 e. The third-order valence-electron chi connectivity index (χ3n) is 0.989. The lowest BCUT2D eigenvalue weighted by atomic mass is 10.1. The number of carbonyl (C=O) groups excluding carboxylic acids is 1. The van der Waals surface area contributed by atoms with Crippen molar-refractivity contribution in [1.29, 1.82) is 0 Å². The van der Waals surface area contributed by atoms with Crippen molar-refractivity contribution in [1.82, 2.24) is 0 Å². The van der Waals surface area contributed by atoms with Crippen molar-refractivity contribution < 1.29 is 9.90 Å². The summed E-state index contributed by atoms with van der Waals surface area (Å²) in [6.45, 7) is 5.03. The third kappa shape index (κ3) is 3.03. The first-order chi connectivity index (χ1) is 4.22. The van der Waals surface area contributed by atoms with E-state index in [4.69, 9.17) is 5.11 Å². The number of ketones is 1. The van der Waals surface area contributed by atoms with Gasteiger partial charge in [-0.25, -0.2) is 0 Å². The lowest BCUT2D eigenvalue weighted by Gasteiger charge is -2.01. The Morgan fingerprint density at radius 1 is 1.89 bits per heavy atom. The number of hydrogen-bond acceptors (Lipinski definition) is 2. The lowest BCUT2D eigenvalue weighted by molar-refractivity contribution is -0.122. The summed E-state index contributed by atoms with van der Waals surface area (Å²) < 4.78 is 0. The molecule has 0 aliphatic carbocycles. The summed E-state index contributed by atoms with van der Waals surface area (Å²) in [6, 6.07) is 0. The molecule has 2 heteroatoms. The highest BCUT2D eigenvalue weighted by molar-refractivity contribution is 5.92. The smallest absolute Gasteiger partial charge is 0.183 e.